The molecule has 0 unspecified atom stereocenters. The quantitative estimate of drug-likeness (QED) is 0.152. The van der Waals surface area contributed by atoms with E-state index >= 15 is 0 Å². The average Bonchev–Trinajstić information content (AvgIpc) is 3.14. The molecule has 0 bridgehead atoms. The van der Waals surface area contributed by atoms with Gasteiger partial charge in [-0.05, 0) is 135 Å². The lowest BCUT2D eigenvalue weighted by molar-refractivity contribution is 0.434. The van der Waals surface area contributed by atoms with Crippen LogP contribution in [0.1, 0.15) is 222 Å². The molecule has 0 heterocycles. The number of rotatable bonds is 13. The van der Waals surface area contributed by atoms with Gasteiger partial charge in [-0.3, -0.25) is 9.98 Å². The Hall–Kier alpha value is -2.22. The Morgan fingerprint density at radius 1 is 0.417 bits per heavy atom. The first-order chi connectivity index (χ1) is 23.7. The largest absolute Gasteiger partial charge is 0.293 e. The molecule has 0 aromatic heterocycles. The van der Waals surface area contributed by atoms with Crippen molar-refractivity contribution in [3.8, 4) is 0 Å². The zero-order valence-electron chi connectivity index (χ0n) is 31.1. The van der Waals surface area contributed by atoms with Crippen molar-refractivity contribution in [2.45, 2.75) is 192 Å². The molecule has 0 spiro atoms. The van der Waals surface area contributed by atoms with Crippen molar-refractivity contribution in [1.82, 2.24) is 0 Å². The lowest BCUT2D eigenvalue weighted by Gasteiger charge is -2.29. The molecule has 4 saturated carbocycles. The maximum absolute atomic E-state index is 5.12. The van der Waals surface area contributed by atoms with E-state index in [-0.39, 0.29) is 0 Å². The van der Waals surface area contributed by atoms with Crippen LogP contribution in [0.2, 0.25) is 0 Å². The van der Waals surface area contributed by atoms with Crippen LogP contribution in [0.25, 0.3) is 0 Å². The summed E-state index contributed by atoms with van der Waals surface area (Å²) >= 11 is 0. The van der Waals surface area contributed by atoms with Gasteiger partial charge in [0.15, 0.2) is 0 Å². The third kappa shape index (κ3) is 9.72. The molecule has 4 aliphatic carbocycles. The molecule has 0 atom stereocenters. The van der Waals surface area contributed by atoms with E-state index in [0.29, 0.717) is 0 Å². The van der Waals surface area contributed by atoms with E-state index in [1.54, 1.807) is 22.3 Å². The highest BCUT2D eigenvalue weighted by atomic mass is 14.7. The summed E-state index contributed by atoms with van der Waals surface area (Å²) in [5.41, 5.74) is 12.5. The molecule has 2 aromatic rings. The van der Waals surface area contributed by atoms with Gasteiger partial charge in [-0.2, -0.15) is 0 Å². The molecule has 2 nitrogen and oxygen atoms in total. The second-order valence-electron chi connectivity index (χ2n) is 16.5. The minimum absolute atomic E-state index is 0.736. The van der Waals surface area contributed by atoms with Crippen molar-refractivity contribution in [3.05, 3.63) is 68.8 Å². The van der Waals surface area contributed by atoms with E-state index in [2.05, 4.69) is 50.5 Å². The highest BCUT2D eigenvalue weighted by molar-refractivity contribution is 5.85. The van der Waals surface area contributed by atoms with E-state index in [9.17, 15) is 0 Å². The first-order valence-electron chi connectivity index (χ1n) is 21.0. The van der Waals surface area contributed by atoms with Gasteiger partial charge in [0.2, 0.25) is 0 Å². The summed E-state index contributed by atoms with van der Waals surface area (Å²) in [4.78, 5) is 10.2. The number of benzene rings is 2. The Balaban J connectivity index is 1.03. The predicted octanol–water partition coefficient (Wildman–Crippen LogP) is 13.6. The molecular weight excluding hydrogens is 581 g/mol. The number of aryl methyl sites for hydroxylation is 2. The molecule has 4 aliphatic rings. The normalized spacial score (nSPS) is 21.1. The van der Waals surface area contributed by atoms with Gasteiger partial charge < -0.3 is 0 Å². The Bertz CT molecular complexity index is 1140. The van der Waals surface area contributed by atoms with Crippen molar-refractivity contribution in [1.29, 1.82) is 0 Å². The Kier molecular flexibility index (Phi) is 13.9. The molecule has 2 heteroatoms. The monoisotopic (exact) mass is 649 g/mol. The lowest BCUT2D eigenvalue weighted by Crippen LogP contribution is -2.13. The summed E-state index contributed by atoms with van der Waals surface area (Å²) in [7, 11) is 0. The number of hydrogen-bond donors (Lipinski definition) is 0. The molecule has 0 radical (unpaired) electrons. The molecule has 2 aromatic carbocycles. The third-order valence-electron chi connectivity index (χ3n) is 12.7. The fourth-order valence-corrected chi connectivity index (χ4v) is 10.1. The van der Waals surface area contributed by atoms with Crippen LogP contribution >= 0.6 is 0 Å². The van der Waals surface area contributed by atoms with Gasteiger partial charge in [0.1, 0.15) is 0 Å². The summed E-state index contributed by atoms with van der Waals surface area (Å²) in [5.74, 6) is 2.95. The molecule has 0 saturated heterocycles. The van der Waals surface area contributed by atoms with Crippen molar-refractivity contribution >= 4 is 12.4 Å². The second kappa shape index (κ2) is 18.7. The third-order valence-corrected chi connectivity index (χ3v) is 12.7. The van der Waals surface area contributed by atoms with Gasteiger partial charge in [-0.15, -0.1) is 0 Å². The molecule has 4 fully saturated rings. The molecule has 48 heavy (non-hydrogen) atoms. The average molecular weight is 649 g/mol. The van der Waals surface area contributed by atoms with Crippen molar-refractivity contribution in [3.63, 3.8) is 0 Å². The molecular formula is C46H68N2. The fraction of sp³-hybridized carbons (Fsp3) is 0.696. The second-order valence-corrected chi connectivity index (χ2v) is 16.5. The van der Waals surface area contributed by atoms with Gasteiger partial charge in [0.25, 0.3) is 0 Å². The molecule has 0 aliphatic heterocycles. The SMILES string of the molecule is Cc1cc(C2CCCCC2)c(C=NCCCCCCN=Cc2c(C3CCCCC3)cc(C)cc2C2CCCCC2)c(C2CCCCC2)c1. The number of aliphatic imine (C=N–C) groups is 2. The summed E-state index contributed by atoms with van der Waals surface area (Å²) in [6.07, 6.45) is 37.3. The zero-order valence-corrected chi connectivity index (χ0v) is 31.1. The highest BCUT2D eigenvalue weighted by Crippen LogP contribution is 2.42. The van der Waals surface area contributed by atoms with Crippen LogP contribution in [0.5, 0.6) is 0 Å². The summed E-state index contributed by atoms with van der Waals surface area (Å²) in [6, 6.07) is 10.1. The Morgan fingerprint density at radius 3 is 0.958 bits per heavy atom. The van der Waals surface area contributed by atoms with Crippen LogP contribution < -0.4 is 0 Å². The van der Waals surface area contributed by atoms with Crippen LogP contribution in [0.4, 0.5) is 0 Å². The minimum Gasteiger partial charge on any atom is -0.293 e. The van der Waals surface area contributed by atoms with Gasteiger partial charge in [0, 0.05) is 25.5 Å². The Labute approximate surface area is 295 Å². The summed E-state index contributed by atoms with van der Waals surface area (Å²) in [5, 5.41) is 0. The standard InChI is InChI=1S/C46H68N2/c1-35-29-41(37-19-9-5-10-20-37)45(42(30-35)38-21-11-6-12-22-38)33-47-27-17-3-4-18-28-48-34-46-43(39-23-13-7-14-24-39)31-36(2)32-44(46)40-25-15-8-16-26-40/h29-34,37-40H,3-28H2,1-2H3. The number of hydrogen-bond acceptors (Lipinski definition) is 2. The zero-order chi connectivity index (χ0) is 33.0. The first kappa shape index (κ1) is 35.6. The van der Waals surface area contributed by atoms with Gasteiger partial charge in [-0.1, -0.05) is 125 Å². The van der Waals surface area contributed by atoms with E-state index in [1.165, 1.54) is 176 Å². The predicted molar refractivity (Wildman–Crippen MR) is 209 cm³/mol. The summed E-state index contributed by atoms with van der Waals surface area (Å²) in [6.45, 7) is 6.58. The van der Waals surface area contributed by atoms with Gasteiger partial charge >= 0.3 is 0 Å². The maximum atomic E-state index is 5.12. The van der Waals surface area contributed by atoms with Gasteiger partial charge in [0.05, 0.1) is 0 Å². The maximum Gasteiger partial charge on any atom is 0.0389 e. The van der Waals surface area contributed by atoms with Crippen molar-refractivity contribution < 1.29 is 0 Å². The van der Waals surface area contributed by atoms with Gasteiger partial charge in [-0.25, -0.2) is 0 Å². The highest BCUT2D eigenvalue weighted by Gasteiger charge is 2.26. The molecule has 0 amide bonds. The minimum atomic E-state index is 0.736. The smallest absolute Gasteiger partial charge is 0.0389 e. The van der Waals surface area contributed by atoms with E-state index < -0.39 is 0 Å². The molecule has 0 N–H and O–H groups in total. The van der Waals surface area contributed by atoms with Crippen LogP contribution in [-0.2, 0) is 0 Å². The van der Waals surface area contributed by atoms with E-state index in [4.69, 9.17) is 9.98 Å². The Morgan fingerprint density at radius 2 is 0.688 bits per heavy atom. The van der Waals surface area contributed by atoms with Crippen molar-refractivity contribution in [2.24, 2.45) is 9.98 Å². The van der Waals surface area contributed by atoms with Crippen molar-refractivity contribution in [2.75, 3.05) is 13.1 Å². The molecule has 262 valence electrons. The van der Waals surface area contributed by atoms with Crippen LogP contribution in [0.3, 0.4) is 0 Å². The number of unbranched alkanes of at least 4 members (excludes halogenated alkanes) is 3. The van der Waals surface area contributed by atoms with Crippen LogP contribution in [-0.4, -0.2) is 25.5 Å². The van der Waals surface area contributed by atoms with Crippen LogP contribution in [0.15, 0.2) is 34.3 Å². The fourth-order valence-electron chi connectivity index (χ4n) is 10.1. The lowest BCUT2D eigenvalue weighted by atomic mass is 9.76. The first-order valence-corrected chi connectivity index (χ1v) is 21.0. The summed E-state index contributed by atoms with van der Waals surface area (Å²) < 4.78 is 0. The van der Waals surface area contributed by atoms with E-state index in [1.807, 2.05) is 0 Å². The number of nitrogens with zero attached hydrogens (tertiary/aromatic N) is 2. The molecule has 6 rings (SSSR count). The van der Waals surface area contributed by atoms with Crippen LogP contribution in [0, 0.1) is 13.8 Å². The topological polar surface area (TPSA) is 24.7 Å². The van der Waals surface area contributed by atoms with E-state index in [0.717, 1.165) is 36.8 Å².